The van der Waals surface area contributed by atoms with Crippen LogP contribution in [0, 0.1) is 11.3 Å². The third-order valence-corrected chi connectivity index (χ3v) is 10.8. The minimum Gasteiger partial charge on any atom is -0.389 e. The van der Waals surface area contributed by atoms with Crippen molar-refractivity contribution in [1.29, 1.82) is 5.26 Å². The maximum absolute atomic E-state index is 14.4. The fourth-order valence-corrected chi connectivity index (χ4v) is 7.56. The number of aliphatic hydroxyl groups excluding tert-OH is 1. The molecule has 15 heteroatoms. The van der Waals surface area contributed by atoms with Gasteiger partial charge in [-0.25, -0.2) is 14.9 Å². The lowest BCUT2D eigenvalue weighted by atomic mass is 9.91. The van der Waals surface area contributed by atoms with Crippen molar-refractivity contribution in [2.24, 2.45) is 0 Å². The Labute approximate surface area is 308 Å². The van der Waals surface area contributed by atoms with E-state index in [4.69, 9.17) is 23.2 Å². The molecule has 8 rings (SSSR count). The van der Waals surface area contributed by atoms with Gasteiger partial charge in [0.05, 0.1) is 40.9 Å². The van der Waals surface area contributed by atoms with E-state index in [0.717, 1.165) is 5.56 Å². The number of benzene rings is 2. The summed E-state index contributed by atoms with van der Waals surface area (Å²) in [4.78, 5) is 67.3. The number of likely N-dealkylation sites (tertiary alicyclic amines) is 1. The second-order valence-corrected chi connectivity index (χ2v) is 15.0. The molecule has 0 spiro atoms. The molecule has 0 unspecified atom stereocenters. The van der Waals surface area contributed by atoms with Gasteiger partial charge in [-0.05, 0) is 80.6 Å². The van der Waals surface area contributed by atoms with Crippen LogP contribution in [0.15, 0.2) is 66.9 Å². The highest BCUT2D eigenvalue weighted by Gasteiger charge is 2.57. The number of imidazole rings is 1. The van der Waals surface area contributed by atoms with Crippen molar-refractivity contribution in [3.63, 3.8) is 0 Å². The number of pyridine rings is 1. The lowest BCUT2D eigenvalue weighted by Gasteiger charge is -2.35. The van der Waals surface area contributed by atoms with Gasteiger partial charge >= 0.3 is 0 Å². The number of hydrogen-bond donors (Lipinski definition) is 3. The first kappa shape index (κ1) is 33.8. The van der Waals surface area contributed by atoms with Crippen molar-refractivity contribution < 1.29 is 24.3 Å². The number of carbonyl (C=O) groups is 4. The zero-order valence-corrected chi connectivity index (χ0v) is 29.4. The molecule has 4 aliphatic rings. The Balaban J connectivity index is 1.06. The average molecular weight is 740 g/mol. The molecule has 1 atom stereocenters. The summed E-state index contributed by atoms with van der Waals surface area (Å²) in [5, 5.41) is 25.6. The summed E-state index contributed by atoms with van der Waals surface area (Å²) in [6.07, 6.45) is 3.04. The first-order valence-corrected chi connectivity index (χ1v) is 17.6. The summed E-state index contributed by atoms with van der Waals surface area (Å²) in [6, 6.07) is 18.8. The normalized spacial score (nSPS) is 20.8. The van der Waals surface area contributed by atoms with Crippen LogP contribution in [-0.4, -0.2) is 72.9 Å². The molecule has 3 N–H and O–H groups in total. The maximum Gasteiger partial charge on any atom is 0.272 e. The van der Waals surface area contributed by atoms with E-state index in [2.05, 4.69) is 26.7 Å². The number of aromatic nitrogens is 3. The molecule has 52 heavy (non-hydrogen) atoms. The number of anilines is 2. The number of β-amino-alcohol motifs (C(OH)–C–C–N with tert-alkyl or cyclic N) is 1. The van der Waals surface area contributed by atoms with E-state index in [9.17, 15) is 29.5 Å². The van der Waals surface area contributed by atoms with Crippen LogP contribution in [0.25, 0.3) is 0 Å². The Morgan fingerprint density at radius 2 is 1.69 bits per heavy atom. The van der Waals surface area contributed by atoms with Crippen molar-refractivity contribution in [3.8, 4) is 6.07 Å². The average Bonchev–Trinajstić information content (AvgIpc) is 4.01. The molecule has 4 aromatic rings. The first-order valence-electron chi connectivity index (χ1n) is 16.8. The zero-order valence-electron chi connectivity index (χ0n) is 27.9. The summed E-state index contributed by atoms with van der Waals surface area (Å²) < 4.78 is 1.58. The van der Waals surface area contributed by atoms with Crippen LogP contribution in [0.3, 0.4) is 0 Å². The van der Waals surface area contributed by atoms with Gasteiger partial charge in [-0.3, -0.25) is 23.7 Å². The van der Waals surface area contributed by atoms with Crippen LogP contribution >= 0.6 is 23.2 Å². The monoisotopic (exact) mass is 738 g/mol. The van der Waals surface area contributed by atoms with E-state index in [0.29, 0.717) is 52.7 Å². The van der Waals surface area contributed by atoms with Crippen molar-refractivity contribution in [3.05, 3.63) is 105 Å². The smallest absolute Gasteiger partial charge is 0.272 e. The number of carbonyl (C=O) groups excluding carboxylic acids is 4. The summed E-state index contributed by atoms with van der Waals surface area (Å²) in [7, 11) is 0. The highest BCUT2D eigenvalue weighted by atomic mass is 35.5. The fourth-order valence-electron chi connectivity index (χ4n) is 7.05. The number of nitriles is 1. The molecule has 1 saturated heterocycles. The van der Waals surface area contributed by atoms with E-state index >= 15 is 0 Å². The lowest BCUT2D eigenvalue weighted by molar-refractivity contribution is -0.125. The van der Waals surface area contributed by atoms with Crippen LogP contribution in [0.1, 0.15) is 70.4 Å². The van der Waals surface area contributed by atoms with Crippen LogP contribution in [-0.2, 0) is 27.1 Å². The zero-order chi connectivity index (χ0) is 36.6. The number of nitrogens with one attached hydrogen (secondary N) is 2. The van der Waals surface area contributed by atoms with Crippen LogP contribution in [0.2, 0.25) is 10.0 Å². The third-order valence-electron chi connectivity index (χ3n) is 10.3. The topological polar surface area (TPSA) is 174 Å². The highest BCUT2D eigenvalue weighted by Crippen LogP contribution is 2.48. The SMILES string of the molecule is C[C@@]1(Cc2ccc(C#N)cc2)C(=O)N(c2cc(Cl)cc(Cl)c2)c2ncc(C(=O)NC3(C(=O)NC4(c5cccc(C(=O)N6CC(O)C6)n5)CC4)CC3)n21. The lowest BCUT2D eigenvalue weighted by Crippen LogP contribution is -2.54. The molecular weight excluding hydrogens is 707 g/mol. The Hall–Kier alpha value is -5.29. The molecule has 2 aliphatic heterocycles. The largest absolute Gasteiger partial charge is 0.389 e. The van der Waals surface area contributed by atoms with Gasteiger partial charge in [0.2, 0.25) is 11.9 Å². The van der Waals surface area contributed by atoms with Crippen LogP contribution in [0.5, 0.6) is 0 Å². The summed E-state index contributed by atoms with van der Waals surface area (Å²) in [5.74, 6) is -1.42. The van der Waals surface area contributed by atoms with E-state index < -0.39 is 28.6 Å². The standard InChI is InChI=1S/C37H32Cl2N8O5/c1-35(16-21-5-7-22(17-40)8-6-21)33(52)46(25-14-23(38)13-24(39)15-25)34-41-18-28(47(34)35)30(49)43-37(11-12-37)32(51)44-36(9-10-36)29-4-2-3-27(42-29)31(50)45-19-26(48)20-45/h2-8,13-15,18,26,48H,9-12,16,19-20H2,1H3,(H,43,49)(H,44,51)/t35-/m1/s1. The van der Waals surface area contributed by atoms with Crippen molar-refractivity contribution in [2.75, 3.05) is 18.0 Å². The molecule has 264 valence electrons. The summed E-state index contributed by atoms with van der Waals surface area (Å²) in [6.45, 7) is 2.23. The van der Waals surface area contributed by atoms with Gasteiger partial charge in [-0.1, -0.05) is 41.4 Å². The van der Waals surface area contributed by atoms with Crippen molar-refractivity contribution in [2.45, 2.75) is 61.7 Å². The van der Waals surface area contributed by atoms with E-state index in [1.54, 1.807) is 72.2 Å². The molecule has 2 aromatic carbocycles. The van der Waals surface area contributed by atoms with Gasteiger partial charge in [-0.15, -0.1) is 0 Å². The molecular formula is C37H32Cl2N8O5. The fraction of sp³-hybridized carbons (Fsp3) is 0.324. The number of fused-ring (bicyclic) bond motifs is 1. The predicted molar refractivity (Wildman–Crippen MR) is 189 cm³/mol. The third kappa shape index (κ3) is 5.67. The van der Waals surface area contributed by atoms with Gasteiger partial charge < -0.3 is 20.6 Å². The van der Waals surface area contributed by atoms with E-state index in [1.807, 2.05) is 0 Å². The van der Waals surface area contributed by atoms with Gasteiger partial charge in [-0.2, -0.15) is 5.26 Å². The molecule has 0 bridgehead atoms. The Morgan fingerprint density at radius 1 is 1.00 bits per heavy atom. The molecule has 2 saturated carbocycles. The Kier molecular flexibility index (Phi) is 7.91. The van der Waals surface area contributed by atoms with Gasteiger partial charge in [0.15, 0.2) is 0 Å². The number of nitrogens with zero attached hydrogens (tertiary/aromatic N) is 6. The van der Waals surface area contributed by atoms with E-state index in [1.165, 1.54) is 16.0 Å². The molecule has 2 aromatic heterocycles. The quantitative estimate of drug-likeness (QED) is 0.231. The number of halogens is 2. The van der Waals surface area contributed by atoms with Crippen LogP contribution < -0.4 is 15.5 Å². The van der Waals surface area contributed by atoms with Crippen molar-refractivity contribution in [1.82, 2.24) is 30.1 Å². The maximum atomic E-state index is 14.4. The molecule has 3 fully saturated rings. The van der Waals surface area contributed by atoms with Gasteiger partial charge in [0.25, 0.3) is 17.7 Å². The Morgan fingerprint density at radius 3 is 2.31 bits per heavy atom. The van der Waals surface area contributed by atoms with Crippen molar-refractivity contribution >= 4 is 58.5 Å². The summed E-state index contributed by atoms with van der Waals surface area (Å²) >= 11 is 12.7. The first-order chi connectivity index (χ1) is 24.8. The van der Waals surface area contributed by atoms with E-state index in [-0.39, 0.29) is 54.6 Å². The molecule has 2 aliphatic carbocycles. The number of hydrogen-bond acceptors (Lipinski definition) is 8. The minimum atomic E-state index is -1.35. The summed E-state index contributed by atoms with van der Waals surface area (Å²) in [5.41, 5.74) is -0.837. The molecule has 4 heterocycles. The minimum absolute atomic E-state index is 0.0827. The molecule has 0 radical (unpaired) electrons. The number of amides is 4. The number of rotatable bonds is 9. The predicted octanol–water partition coefficient (Wildman–Crippen LogP) is 3.98. The second kappa shape index (κ2) is 12.2. The Bertz CT molecular complexity index is 2200. The van der Waals surface area contributed by atoms with Crippen LogP contribution in [0.4, 0.5) is 11.6 Å². The molecule has 4 amide bonds. The second-order valence-electron chi connectivity index (χ2n) is 14.2. The van der Waals surface area contributed by atoms with Gasteiger partial charge in [0, 0.05) is 29.6 Å². The van der Waals surface area contributed by atoms with Gasteiger partial charge in [0.1, 0.15) is 22.5 Å². The molecule has 13 nitrogen and oxygen atoms in total. The highest BCUT2D eigenvalue weighted by molar-refractivity contribution is 6.35. The number of aliphatic hydroxyl groups is 1.